The molecule has 8 aromatic rings. The van der Waals surface area contributed by atoms with Crippen molar-refractivity contribution in [1.82, 2.24) is 9.55 Å². The van der Waals surface area contributed by atoms with Gasteiger partial charge in [-0.2, -0.15) is 0 Å². The SMILES string of the molecule is c1ccc(-n2c(-c3cc(-c4ccc5c(c4)sc4ccccc45)cc4c3-c3ccccc3C43C4CC5CC(C4)CC3C5)nc3ccccc32)cc1. The number of thiophene rings is 1. The maximum absolute atomic E-state index is 5.51. The van der Waals surface area contributed by atoms with Crippen molar-refractivity contribution in [2.75, 3.05) is 0 Å². The van der Waals surface area contributed by atoms with Gasteiger partial charge in [0.2, 0.25) is 0 Å². The molecule has 0 aliphatic heterocycles. The Bertz CT molecular complexity index is 2650. The highest BCUT2D eigenvalue weighted by Crippen LogP contribution is 2.70. The lowest BCUT2D eigenvalue weighted by molar-refractivity contribution is -0.0399. The molecule has 0 atom stereocenters. The van der Waals surface area contributed by atoms with Crippen LogP contribution in [0.2, 0.25) is 0 Å². The van der Waals surface area contributed by atoms with Gasteiger partial charge in [0.1, 0.15) is 5.82 Å². The molecule has 0 radical (unpaired) electrons. The number of rotatable bonds is 3. The first-order valence-electron chi connectivity index (χ1n) is 18.5. The van der Waals surface area contributed by atoms with Crippen molar-refractivity contribution in [2.24, 2.45) is 23.7 Å². The van der Waals surface area contributed by atoms with E-state index in [2.05, 4.69) is 138 Å². The average Bonchev–Trinajstić information content (AvgIpc) is 3.82. The van der Waals surface area contributed by atoms with E-state index in [9.17, 15) is 0 Å². The lowest BCUT2D eigenvalue weighted by Gasteiger charge is -2.61. The molecular weight excluding hydrogens is 625 g/mol. The molecule has 2 aromatic heterocycles. The molecule has 4 saturated carbocycles. The molecule has 5 aliphatic rings. The zero-order valence-electron chi connectivity index (χ0n) is 27.8. The van der Waals surface area contributed by atoms with Crippen LogP contribution in [0.3, 0.4) is 0 Å². The Morgan fingerprint density at radius 3 is 2.14 bits per heavy atom. The Labute approximate surface area is 296 Å². The second-order valence-electron chi connectivity index (χ2n) is 15.6. The third-order valence-electron chi connectivity index (χ3n) is 13.2. The van der Waals surface area contributed by atoms with Gasteiger partial charge in [-0.15, -0.1) is 11.3 Å². The summed E-state index contributed by atoms with van der Waals surface area (Å²) >= 11 is 1.91. The summed E-state index contributed by atoms with van der Waals surface area (Å²) in [6.45, 7) is 0. The Balaban J connectivity index is 1.19. The maximum Gasteiger partial charge on any atom is 0.146 e. The van der Waals surface area contributed by atoms with Crippen LogP contribution in [-0.2, 0) is 5.41 Å². The summed E-state index contributed by atoms with van der Waals surface area (Å²) in [5, 5.41) is 2.71. The van der Waals surface area contributed by atoms with Gasteiger partial charge in [-0.05, 0) is 138 Å². The highest BCUT2D eigenvalue weighted by molar-refractivity contribution is 7.25. The number of para-hydroxylation sites is 3. The van der Waals surface area contributed by atoms with E-state index < -0.39 is 0 Å². The van der Waals surface area contributed by atoms with Gasteiger partial charge in [-0.3, -0.25) is 4.57 Å². The van der Waals surface area contributed by atoms with Crippen LogP contribution in [0.25, 0.3) is 70.5 Å². The van der Waals surface area contributed by atoms with E-state index in [-0.39, 0.29) is 5.41 Å². The molecule has 3 heteroatoms. The summed E-state index contributed by atoms with van der Waals surface area (Å²) in [5.41, 5.74) is 13.3. The van der Waals surface area contributed by atoms with Crippen molar-refractivity contribution in [3.63, 3.8) is 0 Å². The van der Waals surface area contributed by atoms with Crippen LogP contribution in [0.5, 0.6) is 0 Å². The molecule has 5 aliphatic carbocycles. The number of imidazole rings is 1. The molecule has 50 heavy (non-hydrogen) atoms. The summed E-state index contributed by atoms with van der Waals surface area (Å²) in [6, 6.07) is 50.2. The predicted molar refractivity (Wildman–Crippen MR) is 208 cm³/mol. The van der Waals surface area contributed by atoms with Crippen molar-refractivity contribution in [3.8, 4) is 39.3 Å². The van der Waals surface area contributed by atoms with Gasteiger partial charge in [0.05, 0.1) is 11.0 Å². The van der Waals surface area contributed by atoms with Crippen LogP contribution in [0.4, 0.5) is 0 Å². The van der Waals surface area contributed by atoms with Gasteiger partial charge >= 0.3 is 0 Å². The highest BCUT2D eigenvalue weighted by atomic mass is 32.1. The number of fused-ring (bicyclic) bond motifs is 7. The molecule has 0 unspecified atom stereocenters. The van der Waals surface area contributed by atoms with Crippen LogP contribution in [0.1, 0.15) is 43.2 Å². The molecule has 4 fully saturated rings. The van der Waals surface area contributed by atoms with Gasteiger partial charge in [-0.1, -0.05) is 84.9 Å². The fourth-order valence-electron chi connectivity index (χ4n) is 11.6. The molecular formula is C47H36N2S. The van der Waals surface area contributed by atoms with E-state index in [1.807, 2.05) is 11.3 Å². The fraction of sp³-hybridized carbons (Fsp3) is 0.213. The molecule has 6 aromatic carbocycles. The largest absolute Gasteiger partial charge is 0.292 e. The number of nitrogens with zero attached hydrogens (tertiary/aromatic N) is 2. The van der Waals surface area contributed by atoms with E-state index in [1.165, 1.54) is 80.1 Å². The molecule has 0 saturated heterocycles. The first-order valence-corrected chi connectivity index (χ1v) is 19.3. The van der Waals surface area contributed by atoms with E-state index in [1.54, 1.807) is 11.1 Å². The van der Waals surface area contributed by atoms with Crippen molar-refractivity contribution >= 4 is 42.5 Å². The number of benzene rings is 6. The van der Waals surface area contributed by atoms with Crippen LogP contribution in [0, 0.1) is 23.7 Å². The number of hydrogen-bond acceptors (Lipinski definition) is 2. The lowest BCUT2D eigenvalue weighted by Crippen LogP contribution is -2.55. The predicted octanol–water partition coefficient (Wildman–Crippen LogP) is 12.4. The quantitative estimate of drug-likeness (QED) is 0.184. The van der Waals surface area contributed by atoms with Gasteiger partial charge < -0.3 is 0 Å². The monoisotopic (exact) mass is 660 g/mol. The Morgan fingerprint density at radius 1 is 0.560 bits per heavy atom. The van der Waals surface area contributed by atoms with E-state index in [4.69, 9.17) is 4.98 Å². The minimum absolute atomic E-state index is 0.0649. The summed E-state index contributed by atoms with van der Waals surface area (Å²) in [6.07, 6.45) is 6.94. The molecule has 240 valence electrons. The van der Waals surface area contributed by atoms with Crippen molar-refractivity contribution in [3.05, 3.63) is 145 Å². The van der Waals surface area contributed by atoms with Gasteiger partial charge in [0, 0.05) is 36.8 Å². The summed E-state index contributed by atoms with van der Waals surface area (Å²) in [5.74, 6) is 4.23. The molecule has 0 N–H and O–H groups in total. The van der Waals surface area contributed by atoms with Gasteiger partial charge in [0.15, 0.2) is 0 Å². The Morgan fingerprint density at radius 2 is 1.28 bits per heavy atom. The zero-order chi connectivity index (χ0) is 32.6. The molecule has 2 heterocycles. The van der Waals surface area contributed by atoms with Gasteiger partial charge in [0.25, 0.3) is 0 Å². The lowest BCUT2D eigenvalue weighted by atomic mass is 9.43. The second-order valence-corrected chi connectivity index (χ2v) is 16.7. The zero-order valence-corrected chi connectivity index (χ0v) is 28.7. The third kappa shape index (κ3) is 3.61. The van der Waals surface area contributed by atoms with E-state index >= 15 is 0 Å². The standard InChI is InChI=1S/C47H36N2S/c1-2-10-34(11-3-1)49-42-16-8-7-15-41(42)48-46(49)38-25-31(30-18-19-36-35-12-5-9-17-43(35)50-44(36)27-30)26-40-45(38)37-13-4-6-14-39(37)47(40)32-21-28-20-29(23-32)24-33(47)22-28/h1-19,25-29,32-33H,20-24H2. The minimum atomic E-state index is 0.0649. The van der Waals surface area contributed by atoms with E-state index in [0.717, 1.165) is 34.4 Å². The minimum Gasteiger partial charge on any atom is -0.292 e. The molecule has 4 bridgehead atoms. The fourth-order valence-corrected chi connectivity index (χ4v) is 12.7. The topological polar surface area (TPSA) is 17.8 Å². The smallest absolute Gasteiger partial charge is 0.146 e. The molecule has 2 nitrogen and oxygen atoms in total. The van der Waals surface area contributed by atoms with Gasteiger partial charge in [-0.25, -0.2) is 4.98 Å². The van der Waals surface area contributed by atoms with Crippen LogP contribution < -0.4 is 0 Å². The number of aromatic nitrogens is 2. The molecule has 0 amide bonds. The van der Waals surface area contributed by atoms with Crippen molar-refractivity contribution < 1.29 is 0 Å². The van der Waals surface area contributed by atoms with Crippen LogP contribution >= 0.6 is 11.3 Å². The van der Waals surface area contributed by atoms with Crippen molar-refractivity contribution in [1.29, 1.82) is 0 Å². The Hall–Kier alpha value is -4.99. The number of hydrogen-bond donors (Lipinski definition) is 0. The Kier molecular flexibility index (Phi) is 5.58. The van der Waals surface area contributed by atoms with E-state index in [0.29, 0.717) is 11.8 Å². The van der Waals surface area contributed by atoms with Crippen LogP contribution in [0.15, 0.2) is 133 Å². The normalized spacial score (nSPS) is 24.5. The first-order chi connectivity index (χ1) is 24.7. The summed E-state index contributed by atoms with van der Waals surface area (Å²) in [4.78, 5) is 5.51. The third-order valence-corrected chi connectivity index (χ3v) is 14.3. The highest BCUT2D eigenvalue weighted by Gasteiger charge is 2.62. The molecule has 13 rings (SSSR count). The van der Waals surface area contributed by atoms with Crippen LogP contribution in [-0.4, -0.2) is 9.55 Å². The molecule has 1 spiro atoms. The summed E-state index contributed by atoms with van der Waals surface area (Å²) in [7, 11) is 0. The second kappa shape index (κ2) is 10.0. The maximum atomic E-state index is 5.51. The average molecular weight is 661 g/mol. The van der Waals surface area contributed by atoms with Crippen molar-refractivity contribution in [2.45, 2.75) is 37.5 Å². The first kappa shape index (κ1) is 27.8. The summed E-state index contributed by atoms with van der Waals surface area (Å²) < 4.78 is 5.12.